The van der Waals surface area contributed by atoms with E-state index in [0.29, 0.717) is 6.61 Å². The molecule has 0 aromatic heterocycles. The summed E-state index contributed by atoms with van der Waals surface area (Å²) in [5, 5.41) is -0.220. The number of halogens is 1. The predicted molar refractivity (Wildman–Crippen MR) is 36.9 cm³/mol. The molecule has 3 fully saturated rings. The first-order valence-electron chi connectivity index (χ1n) is 3.40. The van der Waals surface area contributed by atoms with Crippen LogP contribution in [0.1, 0.15) is 19.8 Å². The number of hydrogen-bond donors (Lipinski definition) is 0. The minimum Gasteiger partial charge on any atom is -0.374 e. The summed E-state index contributed by atoms with van der Waals surface area (Å²) >= 11 is 5.41. The molecule has 3 aliphatic rings. The lowest BCUT2D eigenvalue weighted by atomic mass is 9.64. The Bertz CT molecular complexity index is 194. The summed E-state index contributed by atoms with van der Waals surface area (Å²) in [4.78, 5) is 10.8. The molecule has 1 saturated carbocycles. The van der Waals surface area contributed by atoms with Gasteiger partial charge in [-0.25, -0.2) is 0 Å². The van der Waals surface area contributed by atoms with Crippen LogP contribution in [0.2, 0.25) is 0 Å². The highest BCUT2D eigenvalue weighted by molar-refractivity contribution is 6.64. The molecule has 1 aliphatic carbocycles. The number of ether oxygens (including phenoxy) is 1. The quantitative estimate of drug-likeness (QED) is 0.541. The van der Waals surface area contributed by atoms with Crippen molar-refractivity contribution < 1.29 is 9.53 Å². The Labute approximate surface area is 64.5 Å². The second kappa shape index (κ2) is 1.56. The zero-order valence-corrected chi connectivity index (χ0v) is 6.57. The Morgan fingerprint density at radius 2 is 2.20 bits per heavy atom. The SMILES string of the molecule is CC12CC(C(=O)Cl)(CO1)C2. The number of carbonyl (C=O) groups is 1. The Morgan fingerprint density at radius 3 is 2.40 bits per heavy atom. The van der Waals surface area contributed by atoms with Gasteiger partial charge >= 0.3 is 0 Å². The molecular formula is C7H9ClO2. The van der Waals surface area contributed by atoms with E-state index >= 15 is 0 Å². The third-order valence-electron chi connectivity index (χ3n) is 2.54. The summed E-state index contributed by atoms with van der Waals surface area (Å²) in [5.41, 5.74) is -0.319. The first-order valence-corrected chi connectivity index (χ1v) is 3.78. The maximum atomic E-state index is 10.8. The van der Waals surface area contributed by atoms with Gasteiger partial charge in [0.1, 0.15) is 0 Å². The van der Waals surface area contributed by atoms with E-state index < -0.39 is 0 Å². The molecule has 56 valence electrons. The number of carbonyl (C=O) groups excluding carboxylic acids is 1. The molecule has 0 amide bonds. The fourth-order valence-corrected chi connectivity index (χ4v) is 2.28. The van der Waals surface area contributed by atoms with E-state index in [2.05, 4.69) is 0 Å². The van der Waals surface area contributed by atoms with Crippen molar-refractivity contribution >= 4 is 16.8 Å². The van der Waals surface area contributed by atoms with Gasteiger partial charge in [0.05, 0.1) is 17.6 Å². The molecule has 0 radical (unpaired) electrons. The van der Waals surface area contributed by atoms with Gasteiger partial charge < -0.3 is 4.74 Å². The number of fused-ring (bicyclic) bond motifs is 1. The van der Waals surface area contributed by atoms with E-state index in [1.807, 2.05) is 6.92 Å². The van der Waals surface area contributed by atoms with Crippen molar-refractivity contribution in [1.29, 1.82) is 0 Å². The van der Waals surface area contributed by atoms with Crippen LogP contribution in [0.25, 0.3) is 0 Å². The van der Waals surface area contributed by atoms with Crippen LogP contribution in [0.3, 0.4) is 0 Å². The van der Waals surface area contributed by atoms with E-state index in [9.17, 15) is 4.79 Å². The van der Waals surface area contributed by atoms with E-state index in [0.717, 1.165) is 12.8 Å². The zero-order valence-electron chi connectivity index (χ0n) is 5.82. The standard InChI is InChI=1S/C7H9ClO2/c1-6-2-7(3-6,4-10-6)5(8)9/h2-4H2,1H3. The molecule has 0 aromatic carbocycles. The van der Waals surface area contributed by atoms with Gasteiger partial charge in [0.2, 0.25) is 5.24 Å². The van der Waals surface area contributed by atoms with E-state index in [4.69, 9.17) is 16.3 Å². The Balaban J connectivity index is 2.20. The Kier molecular flexibility index (Phi) is 1.03. The van der Waals surface area contributed by atoms with Crippen molar-refractivity contribution in [2.75, 3.05) is 6.61 Å². The van der Waals surface area contributed by atoms with Crippen LogP contribution in [0.5, 0.6) is 0 Å². The fraction of sp³-hybridized carbons (Fsp3) is 0.857. The second-order valence-electron chi connectivity index (χ2n) is 3.65. The Morgan fingerprint density at radius 1 is 1.60 bits per heavy atom. The molecule has 0 aromatic rings. The molecule has 10 heavy (non-hydrogen) atoms. The van der Waals surface area contributed by atoms with Gasteiger partial charge in [-0.05, 0) is 31.4 Å². The minimum atomic E-state index is -0.295. The molecule has 0 unspecified atom stereocenters. The molecular weight excluding hydrogens is 152 g/mol. The van der Waals surface area contributed by atoms with Gasteiger partial charge in [-0.15, -0.1) is 0 Å². The van der Waals surface area contributed by atoms with Crippen LogP contribution in [-0.4, -0.2) is 17.5 Å². The topological polar surface area (TPSA) is 26.3 Å². The molecule has 2 bridgehead atoms. The summed E-state index contributed by atoms with van der Waals surface area (Å²) in [7, 11) is 0. The molecule has 0 atom stereocenters. The molecule has 3 rings (SSSR count). The largest absolute Gasteiger partial charge is 0.374 e. The first kappa shape index (κ1) is 6.62. The van der Waals surface area contributed by atoms with Crippen molar-refractivity contribution in [3.8, 4) is 0 Å². The third kappa shape index (κ3) is 0.611. The summed E-state index contributed by atoms with van der Waals surface area (Å²) in [6, 6.07) is 0. The number of rotatable bonds is 1. The highest BCUT2D eigenvalue weighted by atomic mass is 35.5. The summed E-state index contributed by atoms with van der Waals surface area (Å²) < 4.78 is 5.37. The predicted octanol–water partition coefficient (Wildman–Crippen LogP) is 1.32. The summed E-state index contributed by atoms with van der Waals surface area (Å²) in [6.07, 6.45) is 1.64. The highest BCUT2D eigenvalue weighted by Crippen LogP contribution is 2.58. The molecule has 2 nitrogen and oxygen atoms in total. The van der Waals surface area contributed by atoms with Crippen LogP contribution >= 0.6 is 11.6 Å². The lowest BCUT2D eigenvalue weighted by Crippen LogP contribution is -2.45. The normalized spacial score (nSPS) is 50.6. The second-order valence-corrected chi connectivity index (χ2v) is 3.99. The Hall–Kier alpha value is -0.0800. The lowest BCUT2D eigenvalue weighted by molar-refractivity contribution is -0.124. The number of hydrogen-bond acceptors (Lipinski definition) is 2. The maximum Gasteiger partial charge on any atom is 0.230 e. The zero-order chi connectivity index (χ0) is 7.41. The van der Waals surface area contributed by atoms with Crippen molar-refractivity contribution in [2.45, 2.75) is 25.4 Å². The summed E-state index contributed by atoms with van der Waals surface area (Å²) in [6.45, 7) is 2.56. The van der Waals surface area contributed by atoms with E-state index in [1.54, 1.807) is 0 Å². The average molecular weight is 161 g/mol. The molecule has 2 heterocycles. The highest BCUT2D eigenvalue weighted by Gasteiger charge is 2.63. The van der Waals surface area contributed by atoms with Crippen molar-refractivity contribution in [3.63, 3.8) is 0 Å². The van der Waals surface area contributed by atoms with Gasteiger partial charge in [-0.2, -0.15) is 0 Å². The van der Waals surface area contributed by atoms with Gasteiger partial charge in [-0.1, -0.05) is 0 Å². The average Bonchev–Trinajstić information content (AvgIpc) is 2.19. The van der Waals surface area contributed by atoms with Crippen LogP contribution in [0.4, 0.5) is 0 Å². The van der Waals surface area contributed by atoms with Gasteiger partial charge in [0.15, 0.2) is 0 Å². The summed E-state index contributed by atoms with van der Waals surface area (Å²) in [5.74, 6) is 0. The molecule has 3 heteroatoms. The molecule has 2 saturated heterocycles. The van der Waals surface area contributed by atoms with Crippen molar-refractivity contribution in [3.05, 3.63) is 0 Å². The monoisotopic (exact) mass is 160 g/mol. The van der Waals surface area contributed by atoms with Gasteiger partial charge in [0.25, 0.3) is 0 Å². The molecule has 2 aliphatic heterocycles. The van der Waals surface area contributed by atoms with Crippen molar-refractivity contribution in [2.24, 2.45) is 5.41 Å². The fourth-order valence-electron chi connectivity index (χ4n) is 2.09. The maximum absolute atomic E-state index is 10.8. The van der Waals surface area contributed by atoms with Crippen LogP contribution in [0, 0.1) is 5.41 Å². The van der Waals surface area contributed by atoms with Crippen LogP contribution in [0.15, 0.2) is 0 Å². The van der Waals surface area contributed by atoms with E-state index in [1.165, 1.54) is 0 Å². The minimum absolute atomic E-state index is 0.0233. The first-order chi connectivity index (χ1) is 4.56. The van der Waals surface area contributed by atoms with Crippen molar-refractivity contribution in [1.82, 2.24) is 0 Å². The molecule has 0 spiro atoms. The van der Waals surface area contributed by atoms with Crippen LogP contribution in [-0.2, 0) is 9.53 Å². The van der Waals surface area contributed by atoms with Gasteiger partial charge in [0, 0.05) is 0 Å². The lowest BCUT2D eigenvalue weighted by Gasteiger charge is -2.39. The smallest absolute Gasteiger partial charge is 0.230 e. The molecule has 0 N–H and O–H groups in total. The third-order valence-corrected chi connectivity index (χ3v) is 2.94. The van der Waals surface area contributed by atoms with Crippen LogP contribution < -0.4 is 0 Å². The van der Waals surface area contributed by atoms with E-state index in [-0.39, 0.29) is 16.3 Å². The van der Waals surface area contributed by atoms with Gasteiger partial charge in [-0.3, -0.25) is 4.79 Å².